The Morgan fingerprint density at radius 3 is 2.21 bits per heavy atom. The third-order valence-corrected chi connectivity index (χ3v) is 3.13. The first-order valence-corrected chi connectivity index (χ1v) is 7.43. The summed E-state index contributed by atoms with van der Waals surface area (Å²) in [5.41, 5.74) is 0.615. The van der Waals surface area contributed by atoms with Crippen molar-refractivity contribution >= 4 is 31.6 Å². The van der Waals surface area contributed by atoms with Crippen molar-refractivity contribution in [3.05, 3.63) is 34.3 Å². The molecule has 0 radical (unpaired) electrons. The first-order chi connectivity index (χ1) is 6.38. The van der Waals surface area contributed by atoms with Gasteiger partial charge in [-0.25, -0.2) is 0 Å². The van der Waals surface area contributed by atoms with Crippen LogP contribution in [0.3, 0.4) is 0 Å². The molecule has 76 valence electrons. The maximum absolute atomic E-state index is 11.6. The van der Waals surface area contributed by atoms with Crippen molar-refractivity contribution in [1.82, 2.24) is 0 Å². The van der Waals surface area contributed by atoms with Crippen molar-refractivity contribution in [2.24, 2.45) is 0 Å². The minimum atomic E-state index is -1.99. The maximum atomic E-state index is 11.6. The number of Topliss-reactive ketones (excluding diaryl/α,β-unsaturated/α-hetero) is 1. The van der Waals surface area contributed by atoms with Gasteiger partial charge in [0, 0.05) is 10.0 Å². The lowest BCUT2D eigenvalue weighted by atomic mass is 10.2. The average molecular weight is 276 g/mol. The standard InChI is InChI=1S/C10H12BrO2S/c1-14(2,13)7-10(12)8-3-5-9(11)6-4-8/h3-6H,7H2,1-2H3/q+1. The summed E-state index contributed by atoms with van der Waals surface area (Å²) in [6.07, 6.45) is 3.20. The van der Waals surface area contributed by atoms with Gasteiger partial charge in [0.25, 0.3) is 0 Å². The highest BCUT2D eigenvalue weighted by molar-refractivity contribution is 9.10. The number of carbonyl (C=O) groups is 1. The van der Waals surface area contributed by atoms with Crippen LogP contribution < -0.4 is 0 Å². The van der Waals surface area contributed by atoms with Crippen molar-refractivity contribution in [2.75, 3.05) is 18.3 Å². The zero-order chi connectivity index (χ0) is 10.8. The maximum Gasteiger partial charge on any atom is 0.211 e. The van der Waals surface area contributed by atoms with Crippen molar-refractivity contribution in [3.8, 4) is 0 Å². The summed E-state index contributed by atoms with van der Waals surface area (Å²) in [7, 11) is -1.99. The quantitative estimate of drug-likeness (QED) is 0.627. The highest BCUT2D eigenvalue weighted by Crippen LogP contribution is 2.12. The van der Waals surface area contributed by atoms with Crippen LogP contribution in [0.5, 0.6) is 0 Å². The smallest absolute Gasteiger partial charge is 0.211 e. The zero-order valence-electron chi connectivity index (χ0n) is 8.12. The molecule has 0 aliphatic carbocycles. The Morgan fingerprint density at radius 1 is 1.29 bits per heavy atom. The van der Waals surface area contributed by atoms with E-state index in [1.165, 1.54) is 0 Å². The first-order valence-electron chi connectivity index (χ1n) is 4.09. The summed E-state index contributed by atoms with van der Waals surface area (Å²) in [5, 5.41) is 0. The molecule has 0 aromatic heterocycles. The monoisotopic (exact) mass is 275 g/mol. The van der Waals surface area contributed by atoms with Gasteiger partial charge in [-0.3, -0.25) is 4.79 Å². The van der Waals surface area contributed by atoms with Crippen LogP contribution in [0, 0.1) is 0 Å². The van der Waals surface area contributed by atoms with Gasteiger partial charge in [0.1, 0.15) is 12.5 Å². The molecule has 0 heterocycles. The van der Waals surface area contributed by atoms with Crippen molar-refractivity contribution in [3.63, 3.8) is 0 Å². The lowest BCUT2D eigenvalue weighted by Gasteiger charge is -2.00. The van der Waals surface area contributed by atoms with Crippen molar-refractivity contribution in [2.45, 2.75) is 0 Å². The lowest BCUT2D eigenvalue weighted by Crippen LogP contribution is -2.19. The Balaban J connectivity index is 2.81. The molecule has 0 amide bonds. The molecule has 2 nitrogen and oxygen atoms in total. The Labute approximate surface area is 93.3 Å². The molecule has 0 aliphatic rings. The number of hydrogen-bond acceptors (Lipinski definition) is 2. The predicted octanol–water partition coefficient (Wildman–Crippen LogP) is 2.39. The summed E-state index contributed by atoms with van der Waals surface area (Å²) < 4.78 is 12.3. The van der Waals surface area contributed by atoms with E-state index in [-0.39, 0.29) is 11.5 Å². The van der Waals surface area contributed by atoms with Gasteiger partial charge in [-0.05, 0) is 12.1 Å². The molecule has 0 spiro atoms. The number of halogens is 1. The number of rotatable bonds is 3. The van der Waals surface area contributed by atoms with Crippen LogP contribution in [-0.2, 0) is 14.1 Å². The van der Waals surface area contributed by atoms with Gasteiger partial charge < -0.3 is 0 Å². The van der Waals surface area contributed by atoms with Crippen LogP contribution in [0.1, 0.15) is 10.4 Å². The van der Waals surface area contributed by atoms with E-state index in [0.717, 1.165) is 4.47 Å². The van der Waals surface area contributed by atoms with Gasteiger partial charge in [-0.2, -0.15) is 0 Å². The van der Waals surface area contributed by atoms with Crippen LogP contribution in [0.4, 0.5) is 0 Å². The van der Waals surface area contributed by atoms with Crippen molar-refractivity contribution < 1.29 is 9.00 Å². The van der Waals surface area contributed by atoms with Crippen LogP contribution in [0.25, 0.3) is 0 Å². The van der Waals surface area contributed by atoms with E-state index in [1.54, 1.807) is 36.8 Å². The molecule has 4 heteroatoms. The normalized spacial score (nSPS) is 11.4. The molecule has 14 heavy (non-hydrogen) atoms. The number of hydrogen-bond donors (Lipinski definition) is 0. The van der Waals surface area contributed by atoms with E-state index in [1.807, 2.05) is 0 Å². The van der Waals surface area contributed by atoms with E-state index in [0.29, 0.717) is 5.56 Å². The van der Waals surface area contributed by atoms with Crippen LogP contribution in [-0.4, -0.2) is 24.0 Å². The van der Waals surface area contributed by atoms with Crippen LogP contribution >= 0.6 is 15.9 Å². The van der Waals surface area contributed by atoms with Gasteiger partial charge in [0.05, 0.1) is 9.93 Å². The number of ketones is 1. The Kier molecular flexibility index (Phi) is 3.61. The summed E-state index contributed by atoms with van der Waals surface area (Å²) in [4.78, 5) is 11.6. The summed E-state index contributed by atoms with van der Waals surface area (Å²) in [5.74, 6) is 0.0572. The molecule has 0 saturated heterocycles. The Hall–Kier alpha value is -0.480. The number of benzene rings is 1. The fourth-order valence-corrected chi connectivity index (χ4v) is 2.10. The van der Waals surface area contributed by atoms with E-state index < -0.39 is 9.93 Å². The highest BCUT2D eigenvalue weighted by atomic mass is 79.9. The van der Waals surface area contributed by atoms with Crippen LogP contribution in [0.2, 0.25) is 0 Å². The second-order valence-electron chi connectivity index (χ2n) is 3.51. The van der Waals surface area contributed by atoms with Crippen LogP contribution in [0.15, 0.2) is 28.7 Å². The van der Waals surface area contributed by atoms with E-state index in [4.69, 9.17) is 0 Å². The first kappa shape index (κ1) is 11.6. The average Bonchev–Trinajstić information content (AvgIpc) is 2.02. The molecule has 0 N–H and O–H groups in total. The molecule has 0 aliphatic heterocycles. The summed E-state index contributed by atoms with van der Waals surface area (Å²) >= 11 is 3.29. The second-order valence-corrected chi connectivity index (χ2v) is 7.59. The number of carbonyl (C=O) groups excluding carboxylic acids is 1. The fourth-order valence-electron chi connectivity index (χ4n) is 1.03. The van der Waals surface area contributed by atoms with Gasteiger partial charge in [0.15, 0.2) is 5.75 Å². The highest BCUT2D eigenvalue weighted by Gasteiger charge is 2.19. The Bertz CT molecular complexity index is 378. The Morgan fingerprint density at radius 2 is 1.79 bits per heavy atom. The molecule has 0 atom stereocenters. The van der Waals surface area contributed by atoms with Crippen molar-refractivity contribution in [1.29, 1.82) is 0 Å². The zero-order valence-corrected chi connectivity index (χ0v) is 10.5. The topological polar surface area (TPSA) is 34.1 Å². The predicted molar refractivity (Wildman–Crippen MR) is 63.2 cm³/mol. The van der Waals surface area contributed by atoms with Gasteiger partial charge in [-0.1, -0.05) is 28.1 Å². The molecular weight excluding hydrogens is 264 g/mol. The second kappa shape index (κ2) is 4.36. The molecule has 1 aromatic rings. The molecule has 0 fully saturated rings. The van der Waals surface area contributed by atoms with Gasteiger partial charge in [0.2, 0.25) is 5.78 Å². The van der Waals surface area contributed by atoms with Gasteiger partial charge >= 0.3 is 0 Å². The van der Waals surface area contributed by atoms with Gasteiger partial charge in [-0.15, -0.1) is 4.21 Å². The van der Waals surface area contributed by atoms with E-state index in [2.05, 4.69) is 15.9 Å². The fraction of sp³-hybridized carbons (Fsp3) is 0.300. The SMILES string of the molecule is C[S+](C)(=O)CC(=O)c1ccc(Br)cc1. The summed E-state index contributed by atoms with van der Waals surface area (Å²) in [6.45, 7) is 0. The van der Waals surface area contributed by atoms with E-state index in [9.17, 15) is 9.00 Å². The third-order valence-electron chi connectivity index (χ3n) is 1.64. The summed E-state index contributed by atoms with van der Waals surface area (Å²) in [6, 6.07) is 7.08. The molecule has 0 unspecified atom stereocenters. The molecule has 1 aromatic carbocycles. The molecular formula is C10H12BrO2S+. The largest absolute Gasteiger partial charge is 0.289 e. The molecule has 1 rings (SSSR count). The minimum absolute atomic E-state index is 0.0625. The molecule has 0 bridgehead atoms. The minimum Gasteiger partial charge on any atom is -0.289 e. The van der Waals surface area contributed by atoms with E-state index >= 15 is 0 Å². The third kappa shape index (κ3) is 3.72. The molecule has 0 saturated carbocycles. The lowest BCUT2D eigenvalue weighted by molar-refractivity contribution is 0.102.